The summed E-state index contributed by atoms with van der Waals surface area (Å²) < 4.78 is 16.3. The SMILES string of the molecule is C[C@H](Nc1ncnc(N)c1C#N)c1cc2ncc(Cl)n2nc1-c1cc(F)cc(I)c1. The lowest BCUT2D eigenvalue weighted by Crippen LogP contribution is -2.14. The second-order valence-corrected chi connectivity index (χ2v) is 8.05. The number of aromatic nitrogens is 5. The molecule has 0 aliphatic heterocycles. The highest BCUT2D eigenvalue weighted by atomic mass is 127. The maximum atomic E-state index is 14.1. The molecule has 1 atom stereocenters. The first kappa shape index (κ1) is 20.2. The Morgan fingerprint density at radius 2 is 2.07 bits per heavy atom. The van der Waals surface area contributed by atoms with Crippen LogP contribution in [0.3, 0.4) is 0 Å². The van der Waals surface area contributed by atoms with Crippen molar-refractivity contribution >= 4 is 51.5 Å². The van der Waals surface area contributed by atoms with Crippen molar-refractivity contribution in [3.05, 3.63) is 62.5 Å². The average molecular weight is 535 g/mol. The van der Waals surface area contributed by atoms with Crippen molar-refractivity contribution in [2.24, 2.45) is 0 Å². The molecule has 3 heterocycles. The second kappa shape index (κ2) is 8.00. The fourth-order valence-electron chi connectivity index (χ4n) is 3.05. The molecule has 11 heteroatoms. The molecule has 0 spiro atoms. The molecule has 0 amide bonds. The van der Waals surface area contributed by atoms with Crippen molar-refractivity contribution in [1.29, 1.82) is 5.26 Å². The van der Waals surface area contributed by atoms with Gasteiger partial charge in [-0.15, -0.1) is 0 Å². The number of imidazole rings is 1. The van der Waals surface area contributed by atoms with E-state index in [1.165, 1.54) is 29.2 Å². The number of anilines is 2. The molecule has 3 N–H and O–H groups in total. The number of hydrogen-bond donors (Lipinski definition) is 2. The van der Waals surface area contributed by atoms with Crippen LogP contribution in [0.5, 0.6) is 0 Å². The predicted octanol–water partition coefficient (Wildman–Crippen LogP) is 4.21. The van der Waals surface area contributed by atoms with Crippen LogP contribution in [-0.4, -0.2) is 24.6 Å². The van der Waals surface area contributed by atoms with Gasteiger partial charge >= 0.3 is 0 Å². The monoisotopic (exact) mass is 534 g/mol. The summed E-state index contributed by atoms with van der Waals surface area (Å²) >= 11 is 8.24. The standard InChI is InChI=1S/C19H13ClFIN8/c1-9(28-19-14(6-23)18(24)26-8-27-19)13-5-16-25-7-15(20)30(16)29-17(13)10-2-11(21)4-12(22)3-10/h2-5,7-9H,1H3,(H3,24,26,27,28)/t9-/m0/s1. The van der Waals surface area contributed by atoms with Crippen LogP contribution < -0.4 is 11.1 Å². The van der Waals surface area contributed by atoms with Gasteiger partial charge in [0.1, 0.15) is 35.4 Å². The highest BCUT2D eigenvalue weighted by Gasteiger charge is 2.20. The molecule has 1 aromatic carbocycles. The highest BCUT2D eigenvalue weighted by Crippen LogP contribution is 2.32. The smallest absolute Gasteiger partial charge is 0.155 e. The number of nitriles is 1. The first-order chi connectivity index (χ1) is 14.4. The molecule has 0 aliphatic rings. The Kier molecular flexibility index (Phi) is 5.40. The normalized spacial score (nSPS) is 12.0. The van der Waals surface area contributed by atoms with Gasteiger partial charge in [0.2, 0.25) is 0 Å². The highest BCUT2D eigenvalue weighted by molar-refractivity contribution is 14.1. The number of nitrogen functional groups attached to an aromatic ring is 1. The van der Waals surface area contributed by atoms with Gasteiger partial charge in [-0.2, -0.15) is 10.4 Å². The molecular formula is C19H13ClFIN8. The molecule has 0 fully saturated rings. The summed E-state index contributed by atoms with van der Waals surface area (Å²) in [5, 5.41) is 17.5. The van der Waals surface area contributed by atoms with Gasteiger partial charge in [-0.3, -0.25) is 0 Å². The van der Waals surface area contributed by atoms with Crippen LogP contribution in [0.4, 0.5) is 16.0 Å². The van der Waals surface area contributed by atoms with Gasteiger partial charge in [0.25, 0.3) is 0 Å². The van der Waals surface area contributed by atoms with E-state index < -0.39 is 0 Å². The third-order valence-electron chi connectivity index (χ3n) is 4.42. The number of fused-ring (bicyclic) bond motifs is 1. The van der Waals surface area contributed by atoms with E-state index in [0.29, 0.717) is 33.4 Å². The van der Waals surface area contributed by atoms with Crippen LogP contribution in [0.1, 0.15) is 24.1 Å². The van der Waals surface area contributed by atoms with Crippen molar-refractivity contribution in [3.8, 4) is 17.3 Å². The van der Waals surface area contributed by atoms with Gasteiger partial charge in [0.05, 0.1) is 17.9 Å². The molecule has 0 radical (unpaired) electrons. The van der Waals surface area contributed by atoms with E-state index in [9.17, 15) is 9.65 Å². The molecular weight excluding hydrogens is 522 g/mol. The van der Waals surface area contributed by atoms with Crippen LogP contribution in [0.2, 0.25) is 5.15 Å². The minimum atomic E-state index is -0.379. The summed E-state index contributed by atoms with van der Waals surface area (Å²) in [5.41, 5.74) is 8.26. The fraction of sp³-hybridized carbons (Fsp3) is 0.105. The summed E-state index contributed by atoms with van der Waals surface area (Å²) in [6, 6.07) is 8.08. The molecule has 0 bridgehead atoms. The maximum Gasteiger partial charge on any atom is 0.155 e. The van der Waals surface area contributed by atoms with Crippen molar-refractivity contribution in [1.82, 2.24) is 24.6 Å². The molecule has 8 nitrogen and oxygen atoms in total. The molecule has 0 unspecified atom stereocenters. The number of rotatable bonds is 4. The van der Waals surface area contributed by atoms with E-state index in [2.05, 4.69) is 25.4 Å². The lowest BCUT2D eigenvalue weighted by Gasteiger charge is -2.19. The van der Waals surface area contributed by atoms with E-state index in [4.69, 9.17) is 17.3 Å². The van der Waals surface area contributed by atoms with Crippen molar-refractivity contribution < 1.29 is 4.39 Å². The van der Waals surface area contributed by atoms with E-state index >= 15 is 0 Å². The zero-order valence-electron chi connectivity index (χ0n) is 15.4. The maximum absolute atomic E-state index is 14.1. The van der Waals surface area contributed by atoms with Crippen LogP contribution in [-0.2, 0) is 0 Å². The number of benzene rings is 1. The van der Waals surface area contributed by atoms with Gasteiger partial charge in [0.15, 0.2) is 10.8 Å². The van der Waals surface area contributed by atoms with Gasteiger partial charge in [0, 0.05) is 14.7 Å². The molecule has 150 valence electrons. The van der Waals surface area contributed by atoms with Crippen molar-refractivity contribution in [2.75, 3.05) is 11.1 Å². The number of nitrogens with zero attached hydrogens (tertiary/aromatic N) is 6. The first-order valence-electron chi connectivity index (χ1n) is 8.65. The number of halogens is 3. The molecule has 3 aromatic heterocycles. The van der Waals surface area contributed by atoms with Crippen LogP contribution in [0.25, 0.3) is 16.9 Å². The Labute approximate surface area is 189 Å². The predicted molar refractivity (Wildman–Crippen MR) is 119 cm³/mol. The number of hydrogen-bond acceptors (Lipinski definition) is 7. The van der Waals surface area contributed by atoms with Gasteiger partial charge in [-0.1, -0.05) is 11.6 Å². The Morgan fingerprint density at radius 3 is 2.80 bits per heavy atom. The molecule has 0 saturated heterocycles. The third kappa shape index (κ3) is 3.73. The lowest BCUT2D eigenvalue weighted by molar-refractivity contribution is 0.627. The second-order valence-electron chi connectivity index (χ2n) is 6.42. The average Bonchev–Trinajstić information content (AvgIpc) is 3.06. The van der Waals surface area contributed by atoms with E-state index in [0.717, 1.165) is 3.57 Å². The van der Waals surface area contributed by atoms with Crippen molar-refractivity contribution in [3.63, 3.8) is 0 Å². The zero-order valence-corrected chi connectivity index (χ0v) is 18.3. The van der Waals surface area contributed by atoms with E-state index in [1.807, 2.05) is 41.7 Å². The molecule has 4 aromatic rings. The number of nitrogens with one attached hydrogen (secondary N) is 1. The molecule has 0 saturated carbocycles. The largest absolute Gasteiger partial charge is 0.382 e. The first-order valence-corrected chi connectivity index (χ1v) is 10.1. The van der Waals surface area contributed by atoms with Crippen LogP contribution in [0, 0.1) is 20.7 Å². The third-order valence-corrected chi connectivity index (χ3v) is 5.31. The topological polar surface area (TPSA) is 118 Å². The summed E-state index contributed by atoms with van der Waals surface area (Å²) in [4.78, 5) is 12.2. The van der Waals surface area contributed by atoms with E-state index in [-0.39, 0.29) is 23.2 Å². The van der Waals surface area contributed by atoms with Crippen LogP contribution in [0.15, 0.2) is 36.8 Å². The van der Waals surface area contributed by atoms with Crippen molar-refractivity contribution in [2.45, 2.75) is 13.0 Å². The summed E-state index contributed by atoms with van der Waals surface area (Å²) in [6.45, 7) is 1.87. The molecule has 4 rings (SSSR count). The molecule has 30 heavy (non-hydrogen) atoms. The Hall–Kier alpha value is -3.04. The quantitative estimate of drug-likeness (QED) is 0.377. The molecule has 0 aliphatic carbocycles. The van der Waals surface area contributed by atoms with Gasteiger partial charge < -0.3 is 11.1 Å². The van der Waals surface area contributed by atoms with Gasteiger partial charge in [-0.25, -0.2) is 23.9 Å². The zero-order chi connectivity index (χ0) is 21.4. The van der Waals surface area contributed by atoms with E-state index in [1.54, 1.807) is 6.07 Å². The minimum absolute atomic E-state index is 0.0794. The van der Waals surface area contributed by atoms with Crippen LogP contribution >= 0.6 is 34.2 Å². The lowest BCUT2D eigenvalue weighted by atomic mass is 10.0. The Morgan fingerprint density at radius 1 is 1.27 bits per heavy atom. The Bertz CT molecular complexity index is 1300. The number of nitrogens with two attached hydrogens (primary N) is 1. The Balaban J connectivity index is 1.87. The summed E-state index contributed by atoms with van der Waals surface area (Å²) in [6.07, 6.45) is 2.76. The summed E-state index contributed by atoms with van der Waals surface area (Å²) in [7, 11) is 0. The van der Waals surface area contributed by atoms with Gasteiger partial charge in [-0.05, 0) is 53.8 Å². The summed E-state index contributed by atoms with van der Waals surface area (Å²) in [5.74, 6) is -0.00771. The minimum Gasteiger partial charge on any atom is -0.382 e. The fourth-order valence-corrected chi connectivity index (χ4v) is 3.85.